The van der Waals surface area contributed by atoms with Crippen molar-refractivity contribution in [3.8, 4) is 0 Å². The molecule has 18 heavy (non-hydrogen) atoms. The molecule has 0 saturated carbocycles. The Labute approximate surface area is 112 Å². The van der Waals surface area contributed by atoms with Crippen molar-refractivity contribution in [2.24, 2.45) is 0 Å². The summed E-state index contributed by atoms with van der Waals surface area (Å²) in [7, 11) is 0. The highest BCUT2D eigenvalue weighted by atomic mass is 79.9. The molecule has 0 aliphatic heterocycles. The monoisotopic (exact) mass is 312 g/mol. The molecule has 0 radical (unpaired) electrons. The lowest BCUT2D eigenvalue weighted by molar-refractivity contribution is 0.178. The maximum atomic E-state index is 13.1. The summed E-state index contributed by atoms with van der Waals surface area (Å²) < 4.78 is 26.6. The molecule has 0 aliphatic rings. The van der Waals surface area contributed by atoms with Crippen LogP contribution in [-0.2, 0) is 6.42 Å². The van der Waals surface area contributed by atoms with E-state index in [1.807, 2.05) is 0 Å². The number of aliphatic hydroxyl groups is 1. The smallest absolute Gasteiger partial charge is 0.123 e. The summed E-state index contributed by atoms with van der Waals surface area (Å²) in [6, 6.07) is 9.94. The van der Waals surface area contributed by atoms with E-state index in [0.717, 1.165) is 4.47 Å². The van der Waals surface area contributed by atoms with Crippen molar-refractivity contribution in [2.75, 3.05) is 0 Å². The molecular formula is C14H11BrF2O. The number of rotatable bonds is 3. The molecule has 0 saturated heterocycles. The normalized spacial score (nSPS) is 12.4. The van der Waals surface area contributed by atoms with Crippen molar-refractivity contribution < 1.29 is 13.9 Å². The highest BCUT2D eigenvalue weighted by molar-refractivity contribution is 9.10. The van der Waals surface area contributed by atoms with Crippen LogP contribution < -0.4 is 0 Å². The van der Waals surface area contributed by atoms with Crippen LogP contribution in [0, 0.1) is 11.6 Å². The third kappa shape index (κ3) is 3.15. The van der Waals surface area contributed by atoms with Crippen LogP contribution >= 0.6 is 15.9 Å². The Bertz CT molecular complexity index is 540. The molecule has 0 amide bonds. The summed E-state index contributed by atoms with van der Waals surface area (Å²) in [6.07, 6.45) is -0.520. The first-order valence-corrected chi connectivity index (χ1v) is 6.23. The maximum Gasteiger partial charge on any atom is 0.123 e. The quantitative estimate of drug-likeness (QED) is 0.908. The van der Waals surface area contributed by atoms with Crippen LogP contribution in [0.3, 0.4) is 0 Å². The first-order chi connectivity index (χ1) is 8.56. The van der Waals surface area contributed by atoms with Crippen molar-refractivity contribution in [1.29, 1.82) is 0 Å². The Hall–Kier alpha value is -1.26. The molecular weight excluding hydrogens is 302 g/mol. The number of hydrogen-bond donors (Lipinski definition) is 1. The fourth-order valence-corrected chi connectivity index (χ4v) is 2.12. The minimum absolute atomic E-state index is 0.268. The van der Waals surface area contributed by atoms with Gasteiger partial charge in [0.2, 0.25) is 0 Å². The van der Waals surface area contributed by atoms with E-state index in [2.05, 4.69) is 15.9 Å². The highest BCUT2D eigenvalue weighted by Crippen LogP contribution is 2.24. The van der Waals surface area contributed by atoms with Crippen LogP contribution in [0.15, 0.2) is 46.9 Å². The summed E-state index contributed by atoms with van der Waals surface area (Å²) in [5, 5.41) is 10.0. The molecule has 0 aromatic heterocycles. The molecule has 0 aliphatic carbocycles. The number of hydrogen-bond acceptors (Lipinski definition) is 1. The van der Waals surface area contributed by atoms with Crippen LogP contribution in [0.1, 0.15) is 17.2 Å². The average molecular weight is 313 g/mol. The molecule has 1 nitrogen and oxygen atoms in total. The van der Waals surface area contributed by atoms with Gasteiger partial charge in [0.05, 0.1) is 6.10 Å². The minimum atomic E-state index is -0.788. The zero-order chi connectivity index (χ0) is 13.1. The Kier molecular flexibility index (Phi) is 4.09. The molecule has 0 fully saturated rings. The predicted molar refractivity (Wildman–Crippen MR) is 69.2 cm³/mol. The molecule has 94 valence electrons. The summed E-state index contributed by atoms with van der Waals surface area (Å²) in [4.78, 5) is 0. The van der Waals surface area contributed by atoms with Crippen molar-refractivity contribution in [2.45, 2.75) is 12.5 Å². The number of halogens is 3. The van der Waals surface area contributed by atoms with Gasteiger partial charge in [-0.2, -0.15) is 0 Å². The van der Waals surface area contributed by atoms with Gasteiger partial charge in [-0.1, -0.05) is 28.1 Å². The standard InChI is InChI=1S/C14H11BrF2O/c15-13-6-5-12(17)7-10(13)8-14(18)9-1-3-11(16)4-2-9/h1-7,14,18H,8H2. The molecule has 1 unspecified atom stereocenters. The van der Waals surface area contributed by atoms with E-state index < -0.39 is 6.10 Å². The van der Waals surface area contributed by atoms with Gasteiger partial charge >= 0.3 is 0 Å². The first kappa shape index (κ1) is 13.2. The molecule has 1 N–H and O–H groups in total. The number of aliphatic hydroxyl groups excluding tert-OH is 1. The van der Waals surface area contributed by atoms with E-state index in [0.29, 0.717) is 11.1 Å². The molecule has 0 bridgehead atoms. The van der Waals surface area contributed by atoms with Crippen LogP contribution in [0.4, 0.5) is 8.78 Å². The van der Waals surface area contributed by atoms with Gasteiger partial charge in [-0.05, 0) is 41.5 Å². The molecule has 4 heteroatoms. The van der Waals surface area contributed by atoms with Crippen LogP contribution in [0.5, 0.6) is 0 Å². The highest BCUT2D eigenvalue weighted by Gasteiger charge is 2.11. The van der Waals surface area contributed by atoms with Gasteiger partial charge in [-0.15, -0.1) is 0 Å². The summed E-state index contributed by atoms with van der Waals surface area (Å²) in [6.45, 7) is 0. The van der Waals surface area contributed by atoms with Gasteiger partial charge in [0.15, 0.2) is 0 Å². The van der Waals surface area contributed by atoms with E-state index in [9.17, 15) is 13.9 Å². The third-order valence-corrected chi connectivity index (χ3v) is 3.45. The fraction of sp³-hybridized carbons (Fsp3) is 0.143. The first-order valence-electron chi connectivity index (χ1n) is 5.44. The van der Waals surface area contributed by atoms with Crippen molar-refractivity contribution >= 4 is 15.9 Å². The topological polar surface area (TPSA) is 20.2 Å². The molecule has 1 atom stereocenters. The maximum absolute atomic E-state index is 13.1. The van der Waals surface area contributed by atoms with Gasteiger partial charge < -0.3 is 5.11 Å². The van der Waals surface area contributed by atoms with Crippen molar-refractivity contribution in [3.05, 3.63) is 69.7 Å². The second-order valence-corrected chi connectivity index (χ2v) is 4.86. The minimum Gasteiger partial charge on any atom is -0.388 e. The molecule has 2 aromatic rings. The molecule has 2 rings (SSSR count). The molecule has 2 aromatic carbocycles. The van der Waals surface area contributed by atoms with Gasteiger partial charge in [0, 0.05) is 10.9 Å². The van der Waals surface area contributed by atoms with Crippen molar-refractivity contribution in [3.63, 3.8) is 0 Å². The van der Waals surface area contributed by atoms with E-state index in [-0.39, 0.29) is 18.1 Å². The second kappa shape index (κ2) is 5.59. The zero-order valence-electron chi connectivity index (χ0n) is 9.41. The predicted octanol–water partition coefficient (Wildman–Crippen LogP) is 4.00. The Morgan fingerprint density at radius 1 is 1.00 bits per heavy atom. The average Bonchev–Trinajstić information content (AvgIpc) is 2.34. The number of benzene rings is 2. The second-order valence-electron chi connectivity index (χ2n) is 4.01. The van der Waals surface area contributed by atoms with Crippen molar-refractivity contribution in [1.82, 2.24) is 0 Å². The molecule has 0 heterocycles. The largest absolute Gasteiger partial charge is 0.388 e. The van der Waals surface area contributed by atoms with Gasteiger partial charge in [0.1, 0.15) is 11.6 Å². The summed E-state index contributed by atoms with van der Waals surface area (Å²) in [5.74, 6) is -0.697. The van der Waals surface area contributed by atoms with Gasteiger partial charge in [-0.25, -0.2) is 8.78 Å². The van der Waals surface area contributed by atoms with Crippen LogP contribution in [0.2, 0.25) is 0 Å². The molecule has 0 spiro atoms. The Morgan fingerprint density at radius 2 is 1.61 bits per heavy atom. The SMILES string of the molecule is OC(Cc1cc(F)ccc1Br)c1ccc(F)cc1. The Morgan fingerprint density at radius 3 is 2.28 bits per heavy atom. The Balaban J connectivity index is 2.18. The lowest BCUT2D eigenvalue weighted by atomic mass is 10.0. The van der Waals surface area contributed by atoms with E-state index in [1.165, 1.54) is 36.4 Å². The van der Waals surface area contributed by atoms with Gasteiger partial charge in [-0.3, -0.25) is 0 Å². The van der Waals surface area contributed by atoms with E-state index >= 15 is 0 Å². The summed E-state index contributed by atoms with van der Waals surface area (Å²) in [5.41, 5.74) is 1.28. The fourth-order valence-electron chi connectivity index (χ4n) is 1.71. The lowest BCUT2D eigenvalue weighted by Gasteiger charge is -2.12. The third-order valence-electron chi connectivity index (χ3n) is 2.68. The van der Waals surface area contributed by atoms with Gasteiger partial charge in [0.25, 0.3) is 0 Å². The van der Waals surface area contributed by atoms with Crippen LogP contribution in [-0.4, -0.2) is 5.11 Å². The van der Waals surface area contributed by atoms with E-state index in [1.54, 1.807) is 6.07 Å². The summed E-state index contributed by atoms with van der Waals surface area (Å²) >= 11 is 3.31. The van der Waals surface area contributed by atoms with E-state index in [4.69, 9.17) is 0 Å². The van der Waals surface area contributed by atoms with Crippen LogP contribution in [0.25, 0.3) is 0 Å². The zero-order valence-corrected chi connectivity index (χ0v) is 11.0. The lowest BCUT2D eigenvalue weighted by Crippen LogP contribution is -2.02.